The molecule has 0 bridgehead atoms. The SMILES string of the molecule is COc1ccc(CCC(=O)NCC2(c3ccccc3)CCOCC2)cc1OC. The highest BCUT2D eigenvalue weighted by molar-refractivity contribution is 5.76. The Kier molecular flexibility index (Phi) is 6.93. The highest BCUT2D eigenvalue weighted by Crippen LogP contribution is 2.34. The van der Waals surface area contributed by atoms with Crippen molar-refractivity contribution >= 4 is 5.91 Å². The fourth-order valence-electron chi connectivity index (χ4n) is 3.77. The van der Waals surface area contributed by atoms with E-state index >= 15 is 0 Å². The van der Waals surface area contributed by atoms with Crippen molar-refractivity contribution in [2.24, 2.45) is 0 Å². The van der Waals surface area contributed by atoms with Gasteiger partial charge in [0.2, 0.25) is 5.91 Å². The number of nitrogens with one attached hydrogen (secondary N) is 1. The first-order valence-corrected chi connectivity index (χ1v) is 9.78. The van der Waals surface area contributed by atoms with Crippen molar-refractivity contribution in [2.45, 2.75) is 31.1 Å². The molecule has 5 heteroatoms. The molecule has 1 amide bonds. The third-order valence-electron chi connectivity index (χ3n) is 5.55. The van der Waals surface area contributed by atoms with Gasteiger partial charge in [-0.2, -0.15) is 0 Å². The molecule has 3 rings (SSSR count). The summed E-state index contributed by atoms with van der Waals surface area (Å²) in [4.78, 5) is 12.5. The van der Waals surface area contributed by atoms with E-state index in [-0.39, 0.29) is 11.3 Å². The van der Waals surface area contributed by atoms with Crippen LogP contribution in [-0.4, -0.2) is 39.9 Å². The van der Waals surface area contributed by atoms with Crippen molar-refractivity contribution in [3.63, 3.8) is 0 Å². The van der Waals surface area contributed by atoms with Crippen molar-refractivity contribution in [1.29, 1.82) is 0 Å². The van der Waals surface area contributed by atoms with Gasteiger partial charge in [-0.15, -0.1) is 0 Å². The first-order valence-electron chi connectivity index (χ1n) is 9.78. The van der Waals surface area contributed by atoms with E-state index in [1.165, 1.54) is 5.56 Å². The summed E-state index contributed by atoms with van der Waals surface area (Å²) in [6.45, 7) is 2.11. The van der Waals surface area contributed by atoms with Gasteiger partial charge in [-0.1, -0.05) is 36.4 Å². The van der Waals surface area contributed by atoms with Crippen LogP contribution in [0.4, 0.5) is 0 Å². The third kappa shape index (κ3) is 4.84. The Balaban J connectivity index is 1.58. The molecule has 150 valence electrons. The normalized spacial score (nSPS) is 15.6. The monoisotopic (exact) mass is 383 g/mol. The summed E-state index contributed by atoms with van der Waals surface area (Å²) in [5.41, 5.74) is 2.29. The number of carbonyl (C=O) groups excluding carboxylic acids is 1. The molecule has 5 nitrogen and oxygen atoms in total. The number of methoxy groups -OCH3 is 2. The minimum atomic E-state index is -0.0432. The second kappa shape index (κ2) is 9.60. The maximum atomic E-state index is 12.5. The molecule has 0 saturated carbocycles. The zero-order chi connectivity index (χ0) is 19.8. The van der Waals surface area contributed by atoms with E-state index in [1.54, 1.807) is 14.2 Å². The van der Waals surface area contributed by atoms with Gasteiger partial charge in [0.15, 0.2) is 11.5 Å². The van der Waals surface area contributed by atoms with Crippen molar-refractivity contribution < 1.29 is 19.0 Å². The molecule has 0 radical (unpaired) electrons. The van der Waals surface area contributed by atoms with Crippen LogP contribution in [0.15, 0.2) is 48.5 Å². The minimum Gasteiger partial charge on any atom is -0.493 e. The lowest BCUT2D eigenvalue weighted by atomic mass is 9.74. The molecule has 1 N–H and O–H groups in total. The van der Waals surface area contributed by atoms with Crippen LogP contribution in [0, 0.1) is 0 Å². The predicted molar refractivity (Wildman–Crippen MR) is 109 cm³/mol. The smallest absolute Gasteiger partial charge is 0.220 e. The number of carbonyl (C=O) groups is 1. The van der Waals surface area contributed by atoms with Gasteiger partial charge in [-0.25, -0.2) is 0 Å². The summed E-state index contributed by atoms with van der Waals surface area (Å²) in [5.74, 6) is 1.45. The highest BCUT2D eigenvalue weighted by Gasteiger charge is 2.34. The number of amides is 1. The molecule has 2 aromatic rings. The molecule has 0 aromatic heterocycles. The molecular weight excluding hydrogens is 354 g/mol. The van der Waals surface area contributed by atoms with Gasteiger partial charge in [-0.05, 0) is 42.5 Å². The zero-order valence-corrected chi connectivity index (χ0v) is 16.7. The topological polar surface area (TPSA) is 56.8 Å². The summed E-state index contributed by atoms with van der Waals surface area (Å²) >= 11 is 0. The molecule has 28 heavy (non-hydrogen) atoms. The van der Waals surface area contributed by atoms with Crippen LogP contribution in [0.2, 0.25) is 0 Å². The number of aryl methyl sites for hydroxylation is 1. The predicted octanol–water partition coefficient (Wildman–Crippen LogP) is 3.50. The summed E-state index contributed by atoms with van der Waals surface area (Å²) in [7, 11) is 3.23. The summed E-state index contributed by atoms with van der Waals surface area (Å²) < 4.78 is 16.2. The van der Waals surface area contributed by atoms with Crippen LogP contribution in [0.25, 0.3) is 0 Å². The van der Waals surface area contributed by atoms with Crippen LogP contribution >= 0.6 is 0 Å². The van der Waals surface area contributed by atoms with E-state index in [9.17, 15) is 4.79 Å². The van der Waals surface area contributed by atoms with Crippen molar-refractivity contribution in [3.8, 4) is 11.5 Å². The molecular formula is C23H29NO4. The Morgan fingerprint density at radius 2 is 1.75 bits per heavy atom. The molecule has 2 aromatic carbocycles. The second-order valence-electron chi connectivity index (χ2n) is 7.22. The van der Waals surface area contributed by atoms with Gasteiger partial charge in [0, 0.05) is 31.6 Å². The van der Waals surface area contributed by atoms with Gasteiger partial charge in [0.1, 0.15) is 0 Å². The van der Waals surface area contributed by atoms with Crippen LogP contribution < -0.4 is 14.8 Å². The van der Waals surface area contributed by atoms with Gasteiger partial charge in [0.25, 0.3) is 0 Å². The largest absolute Gasteiger partial charge is 0.493 e. The van der Waals surface area contributed by atoms with E-state index in [0.29, 0.717) is 30.9 Å². The van der Waals surface area contributed by atoms with Crippen molar-refractivity contribution in [3.05, 3.63) is 59.7 Å². The fraction of sp³-hybridized carbons (Fsp3) is 0.435. The quantitative estimate of drug-likeness (QED) is 0.758. The molecule has 0 aliphatic carbocycles. The maximum absolute atomic E-state index is 12.5. The summed E-state index contributed by atoms with van der Waals surface area (Å²) in [6.07, 6.45) is 2.95. The first-order chi connectivity index (χ1) is 13.7. The fourth-order valence-corrected chi connectivity index (χ4v) is 3.77. The Bertz CT molecular complexity index is 769. The minimum absolute atomic E-state index is 0.0432. The number of hydrogen-bond donors (Lipinski definition) is 1. The number of ether oxygens (including phenoxy) is 3. The zero-order valence-electron chi connectivity index (χ0n) is 16.7. The molecule has 0 unspecified atom stereocenters. The molecule has 1 saturated heterocycles. The Morgan fingerprint density at radius 1 is 1.04 bits per heavy atom. The van der Waals surface area contributed by atoms with Crippen molar-refractivity contribution in [2.75, 3.05) is 34.0 Å². The van der Waals surface area contributed by atoms with Crippen LogP contribution in [0.5, 0.6) is 11.5 Å². The maximum Gasteiger partial charge on any atom is 0.220 e. The summed E-state index contributed by atoms with van der Waals surface area (Å²) in [5, 5.41) is 3.16. The second-order valence-corrected chi connectivity index (χ2v) is 7.22. The standard InChI is InChI=1S/C23H29NO4/c1-26-20-10-8-18(16-21(20)27-2)9-11-22(25)24-17-23(12-14-28-15-13-23)19-6-4-3-5-7-19/h3-8,10,16H,9,11-15,17H2,1-2H3,(H,24,25). The van der Waals surface area contributed by atoms with E-state index < -0.39 is 0 Å². The molecule has 1 heterocycles. The summed E-state index contributed by atoms with van der Waals surface area (Å²) in [6, 6.07) is 16.2. The highest BCUT2D eigenvalue weighted by atomic mass is 16.5. The van der Waals surface area contributed by atoms with E-state index in [1.807, 2.05) is 24.3 Å². The van der Waals surface area contributed by atoms with Gasteiger partial charge >= 0.3 is 0 Å². The van der Waals surface area contributed by atoms with E-state index in [2.05, 4.69) is 29.6 Å². The van der Waals surface area contributed by atoms with Gasteiger partial charge < -0.3 is 19.5 Å². The third-order valence-corrected chi connectivity index (χ3v) is 5.55. The molecule has 1 aliphatic rings. The number of hydrogen-bond acceptors (Lipinski definition) is 4. The lowest BCUT2D eigenvalue weighted by molar-refractivity contribution is -0.121. The van der Waals surface area contributed by atoms with Gasteiger partial charge in [0.05, 0.1) is 14.2 Å². The number of benzene rings is 2. The van der Waals surface area contributed by atoms with Gasteiger partial charge in [-0.3, -0.25) is 4.79 Å². The van der Waals surface area contributed by atoms with Crippen LogP contribution in [0.3, 0.4) is 0 Å². The molecule has 0 atom stereocenters. The van der Waals surface area contributed by atoms with E-state index in [4.69, 9.17) is 14.2 Å². The molecule has 1 aliphatic heterocycles. The molecule has 0 spiro atoms. The Morgan fingerprint density at radius 3 is 2.43 bits per heavy atom. The average Bonchev–Trinajstić information content (AvgIpc) is 2.77. The lowest BCUT2D eigenvalue weighted by Gasteiger charge is -2.38. The van der Waals surface area contributed by atoms with E-state index in [0.717, 1.165) is 31.6 Å². The Labute approximate surface area is 167 Å². The molecule has 1 fully saturated rings. The lowest BCUT2D eigenvalue weighted by Crippen LogP contribution is -2.44. The Hall–Kier alpha value is -2.53. The average molecular weight is 383 g/mol. The van der Waals surface area contributed by atoms with Crippen molar-refractivity contribution in [1.82, 2.24) is 5.32 Å². The van der Waals surface area contributed by atoms with Crippen LogP contribution in [-0.2, 0) is 21.4 Å². The number of rotatable bonds is 8. The van der Waals surface area contributed by atoms with Crippen LogP contribution in [0.1, 0.15) is 30.4 Å². The first kappa shape index (κ1) is 20.2.